The Morgan fingerprint density at radius 3 is 1.04 bits per heavy atom. The second-order valence-corrected chi connectivity index (χ2v) is 33.1. The number of fused-ring (bicyclic) bond motifs is 4. The number of benzene rings is 14. The van der Waals surface area contributed by atoms with Crippen molar-refractivity contribution >= 4 is 38.5 Å². The van der Waals surface area contributed by atoms with E-state index in [0.717, 1.165) is 107 Å². The Kier molecular flexibility index (Phi) is 47.0. The first-order valence-corrected chi connectivity index (χ1v) is 47.0. The van der Waals surface area contributed by atoms with Crippen LogP contribution in [0.5, 0.6) is 0 Å². The number of ketones is 1. The molecule has 9 heterocycles. The number of aliphatic hydroxyl groups excluding tert-OH is 1. The Bertz CT molecular complexity index is 7470. The molecule has 23 rings (SSSR count). The zero-order chi connectivity index (χ0) is 99.0. The number of carbonyl (C=O) groups is 1. The Balaban J connectivity index is 0.000000172. The molecule has 0 saturated carbocycles. The number of carbonyl (C=O) groups excluding carboxylic acids is 1. The Morgan fingerprint density at radius 1 is 0.277 bits per heavy atom. The fraction of sp³-hybridized carbons (Fsp3) is 0.0530. The minimum Gasteiger partial charge on any atom is -0.512 e. The molecule has 0 fully saturated rings. The summed E-state index contributed by atoms with van der Waals surface area (Å²) in [6.07, 6.45) is 14.1. The summed E-state index contributed by atoms with van der Waals surface area (Å²) in [4.78, 5) is 45.4. The largest absolute Gasteiger partial charge is 0.512 e. The van der Waals surface area contributed by atoms with Gasteiger partial charge in [0.2, 0.25) is 0 Å². The molecule has 741 valence electrons. The number of aryl methyl sites for hydroxylation is 5. The maximum absolute atomic E-state index is 10.0. The third kappa shape index (κ3) is 33.7. The average molecular weight is 2810 g/mol. The fourth-order valence-electron chi connectivity index (χ4n) is 15.8. The standard InChI is InChI=1S/C23H15N2.3C18H14N.C17H14N.3C11H8N.C5H8O2.5Ir/c1-3-13-22-19(10-1)20-11-2-4-14-23(20)25(22)18-9-7-8-17(16-18)21-12-5-6-15-24-21;2*1-14-12-18(16-10-6-3-7-11-16)19-13-17(14)15-8-4-2-5-9-15;1-14-7-5-6-10-17(14)16-11-12-19-18(13-16)15-8-3-2-4-9-15;1-12-9-13(2)11-15(10-12)17-8-7-14-5-3-4-6-16(14)18-17;3*1-2-6-10(7-3-1)11-8-4-5-9-12-11;1-4(6)3-5(2)7;;;;;/h1-7,9-16H;2*2-10,12-13H,1H3;2-8,10-13H,1H3;3-10H,1-2H3;3*1-6,8-9H;3,6H,1-2H3;;;;;/q8*-1;;;;;;. The van der Waals surface area contributed by atoms with Crippen molar-refractivity contribution in [2.45, 2.75) is 48.5 Å². The van der Waals surface area contributed by atoms with Crippen LogP contribution in [0.25, 0.3) is 162 Å². The van der Waals surface area contributed by atoms with Gasteiger partial charge in [-0.05, 0) is 179 Å². The van der Waals surface area contributed by atoms with E-state index < -0.39 is 0 Å². The van der Waals surface area contributed by atoms with Crippen LogP contribution in [0.15, 0.2) is 498 Å². The molecular weight excluding hydrogens is 2700 g/mol. The number of hydrogen-bond donors (Lipinski definition) is 1. The summed E-state index contributed by atoms with van der Waals surface area (Å²) in [5, 5.41) is 12.1. The van der Waals surface area contributed by atoms with Crippen LogP contribution in [0, 0.1) is 83.1 Å². The number of aliphatic hydroxyl groups is 1. The average Bonchev–Trinajstić information content (AvgIpc) is 1.60. The zero-order valence-corrected chi connectivity index (χ0v) is 94.3. The molecule has 5 radical (unpaired) electrons. The molecule has 0 atom stereocenters. The number of hydrogen-bond acceptors (Lipinski definition) is 10. The van der Waals surface area contributed by atoms with E-state index in [1.807, 2.05) is 304 Å². The van der Waals surface area contributed by atoms with Gasteiger partial charge in [0, 0.05) is 172 Å². The molecule has 14 aromatic carbocycles. The van der Waals surface area contributed by atoms with Crippen molar-refractivity contribution in [2.75, 3.05) is 0 Å². The fourth-order valence-corrected chi connectivity index (χ4v) is 15.8. The maximum atomic E-state index is 10.0. The Morgan fingerprint density at radius 2 is 0.649 bits per heavy atom. The molecule has 0 unspecified atom stereocenters. The van der Waals surface area contributed by atoms with Crippen molar-refractivity contribution in [2.24, 2.45) is 0 Å². The van der Waals surface area contributed by atoms with Gasteiger partial charge in [-0.2, -0.15) is 0 Å². The van der Waals surface area contributed by atoms with Gasteiger partial charge in [-0.3, -0.25) is 9.78 Å². The molecule has 0 saturated heterocycles. The van der Waals surface area contributed by atoms with Gasteiger partial charge in [0.15, 0.2) is 5.78 Å². The van der Waals surface area contributed by atoms with Gasteiger partial charge >= 0.3 is 0 Å². The first-order valence-electron chi connectivity index (χ1n) is 47.0. The van der Waals surface area contributed by atoms with Crippen LogP contribution in [0.2, 0.25) is 0 Å². The van der Waals surface area contributed by atoms with Crippen LogP contribution in [0.1, 0.15) is 41.7 Å². The molecule has 11 nitrogen and oxygen atoms in total. The Hall–Kier alpha value is -15.2. The van der Waals surface area contributed by atoms with Crippen LogP contribution in [-0.2, 0) is 105 Å². The third-order valence-electron chi connectivity index (χ3n) is 22.5. The summed E-state index contributed by atoms with van der Waals surface area (Å²) >= 11 is 0. The molecule has 148 heavy (non-hydrogen) atoms. The number of allylic oxidation sites excluding steroid dienone is 2. The molecule has 0 spiro atoms. The molecule has 0 aliphatic rings. The first-order chi connectivity index (χ1) is 70.2. The van der Waals surface area contributed by atoms with E-state index in [9.17, 15) is 4.79 Å². The summed E-state index contributed by atoms with van der Waals surface area (Å²) in [6, 6.07) is 174. The van der Waals surface area contributed by atoms with Crippen LogP contribution in [0.3, 0.4) is 0 Å². The predicted molar refractivity (Wildman–Crippen MR) is 587 cm³/mol. The molecule has 1 N–H and O–H groups in total. The van der Waals surface area contributed by atoms with Crippen LogP contribution >= 0.6 is 0 Å². The van der Waals surface area contributed by atoms with Crippen LogP contribution in [-0.4, -0.2) is 55.3 Å². The number of rotatable bonds is 13. The van der Waals surface area contributed by atoms with Crippen molar-refractivity contribution in [3.63, 3.8) is 0 Å². The number of nitrogens with zero attached hydrogens (tertiary/aromatic N) is 9. The van der Waals surface area contributed by atoms with E-state index in [-0.39, 0.29) is 112 Å². The number of pyridine rings is 8. The van der Waals surface area contributed by atoms with Crippen LogP contribution in [0.4, 0.5) is 0 Å². The van der Waals surface area contributed by atoms with Gasteiger partial charge in [0.25, 0.3) is 0 Å². The summed E-state index contributed by atoms with van der Waals surface area (Å²) < 4.78 is 2.31. The Labute approximate surface area is 936 Å². The van der Waals surface area contributed by atoms with Gasteiger partial charge < -0.3 is 44.6 Å². The molecule has 23 aromatic rings. The van der Waals surface area contributed by atoms with Crippen molar-refractivity contribution in [1.29, 1.82) is 0 Å². The second kappa shape index (κ2) is 60.7. The van der Waals surface area contributed by atoms with Gasteiger partial charge in [-0.1, -0.05) is 232 Å². The van der Waals surface area contributed by atoms with E-state index in [4.69, 9.17) is 10.1 Å². The van der Waals surface area contributed by atoms with Crippen molar-refractivity contribution < 1.29 is 110 Å². The van der Waals surface area contributed by atoms with E-state index in [0.29, 0.717) is 0 Å². The molecule has 9 aromatic heterocycles. The van der Waals surface area contributed by atoms with E-state index in [1.165, 1.54) is 103 Å². The van der Waals surface area contributed by atoms with E-state index in [1.54, 1.807) is 18.6 Å². The minimum absolute atomic E-state index is 0. The van der Waals surface area contributed by atoms with Crippen LogP contribution < -0.4 is 0 Å². The SMILES string of the molecule is CC(=O)C=C(C)O.Cc1[c-]c(-c2ccc3ccccc3n2)cc(C)c1.Cc1cc(-c2[c-]cccc2)ncc1-c1ccccc1.Cc1cc(-c2[c-]cccc2)ncc1-c1ccccc1.Cc1ccccc1-c1ccnc(-c2[c-]cccc2)c1.[Ir].[Ir].[Ir].[Ir].[Ir].[c-]1ccc(-n2c3ccccc3c3ccccc32)cc1-c1ccccn1.[c-]1ccccc1-c1ccccn1.[c-]1ccccc1-c1ccccn1.[c-]1ccccc1-c1ccccn1. The smallest absolute Gasteiger partial charge is 0.155 e. The summed E-state index contributed by atoms with van der Waals surface area (Å²) in [7, 11) is 0. The van der Waals surface area contributed by atoms with E-state index in [2.05, 4.69) is 286 Å². The predicted octanol–water partition coefficient (Wildman–Crippen LogP) is 32.2. The molecule has 0 bridgehead atoms. The first kappa shape index (κ1) is 115. The molecular formula is C132H103Ir5N9O2-8. The molecule has 0 amide bonds. The maximum Gasteiger partial charge on any atom is 0.155 e. The molecule has 0 aliphatic heterocycles. The summed E-state index contributed by atoms with van der Waals surface area (Å²) in [5.41, 5.74) is 33.9. The van der Waals surface area contributed by atoms with Crippen molar-refractivity contribution in [1.82, 2.24) is 44.4 Å². The quantitative estimate of drug-likeness (QED) is 0.0673. The summed E-state index contributed by atoms with van der Waals surface area (Å²) in [5.74, 6) is -0.0625. The molecule has 16 heteroatoms. The van der Waals surface area contributed by atoms with Gasteiger partial charge in [0.1, 0.15) is 0 Å². The normalized spacial score (nSPS) is 10.1. The number of aromatic nitrogens is 9. The van der Waals surface area contributed by atoms with Crippen molar-refractivity contribution in [3.05, 3.63) is 574 Å². The minimum atomic E-state index is -0.125. The van der Waals surface area contributed by atoms with Gasteiger partial charge in [0.05, 0.1) is 22.3 Å². The number of para-hydroxylation sites is 3. The summed E-state index contributed by atoms with van der Waals surface area (Å²) in [6.45, 7) is 13.4. The third-order valence-corrected chi connectivity index (χ3v) is 22.5. The second-order valence-electron chi connectivity index (χ2n) is 33.1. The monoisotopic (exact) mass is 2810 g/mol. The van der Waals surface area contributed by atoms with Gasteiger partial charge in [-0.15, -0.1) is 280 Å². The topological polar surface area (TPSA) is 145 Å². The van der Waals surface area contributed by atoms with Crippen molar-refractivity contribution in [3.8, 4) is 129 Å². The zero-order valence-electron chi connectivity index (χ0n) is 82.3. The van der Waals surface area contributed by atoms with E-state index >= 15 is 0 Å². The molecule has 0 aliphatic carbocycles. The van der Waals surface area contributed by atoms with Gasteiger partial charge in [-0.25, -0.2) is 0 Å².